The normalized spacial score (nSPS) is 14.3. The van der Waals surface area contributed by atoms with Crippen LogP contribution in [0.25, 0.3) is 15.9 Å². The summed E-state index contributed by atoms with van der Waals surface area (Å²) in [5.74, 6) is 0.960. The van der Waals surface area contributed by atoms with Crippen LogP contribution in [0.4, 0.5) is 5.69 Å². The van der Waals surface area contributed by atoms with Crippen molar-refractivity contribution in [1.29, 1.82) is 0 Å². The van der Waals surface area contributed by atoms with Crippen LogP contribution in [-0.2, 0) is 0 Å². The number of methoxy groups -OCH3 is 1. The molecule has 0 bridgehead atoms. The Morgan fingerprint density at radius 1 is 0.968 bits per heavy atom. The van der Waals surface area contributed by atoms with E-state index in [9.17, 15) is 4.79 Å². The summed E-state index contributed by atoms with van der Waals surface area (Å²) >= 11 is 1.52. The van der Waals surface area contributed by atoms with E-state index in [4.69, 9.17) is 4.74 Å². The third-order valence-corrected chi connectivity index (χ3v) is 6.86. The highest BCUT2D eigenvalue weighted by molar-refractivity contribution is 7.20. The summed E-state index contributed by atoms with van der Waals surface area (Å²) in [6.45, 7) is 5.06. The number of hydrogen-bond donors (Lipinski definition) is 0. The Hall–Kier alpha value is -3.32. The molecule has 0 unspecified atom stereocenters. The van der Waals surface area contributed by atoms with Gasteiger partial charge in [0.1, 0.15) is 10.6 Å². The number of anilines is 1. The average molecular weight is 433 g/mol. The Kier molecular flexibility index (Phi) is 5.11. The van der Waals surface area contributed by atoms with E-state index in [0.29, 0.717) is 13.1 Å². The number of nitrogens with zero attached hydrogens (tertiary/aromatic N) is 4. The molecule has 0 aliphatic carbocycles. The minimum atomic E-state index is 0.106. The van der Waals surface area contributed by atoms with Crippen LogP contribution in [0.5, 0.6) is 5.75 Å². The number of hydrogen-bond acceptors (Lipinski definition) is 5. The molecule has 7 heteroatoms. The van der Waals surface area contributed by atoms with E-state index >= 15 is 0 Å². The molecule has 1 fully saturated rings. The molecular formula is C24H24N4O2S. The molecule has 1 aliphatic rings. The molecule has 4 aromatic rings. The minimum absolute atomic E-state index is 0.106. The summed E-state index contributed by atoms with van der Waals surface area (Å²) < 4.78 is 7.18. The summed E-state index contributed by atoms with van der Waals surface area (Å²) in [6.07, 6.45) is 0. The number of para-hydroxylation sites is 1. The first-order valence-corrected chi connectivity index (χ1v) is 11.2. The standard InChI is InChI=1S/C24H24N4O2S/c1-17-21-16-22(31-24(21)28(25-17)19-6-4-3-5-7-19)23(29)27-14-12-26(13-15-27)18-8-10-20(30-2)11-9-18/h3-11,16H,12-15H2,1-2H3. The molecule has 0 saturated carbocycles. The zero-order valence-corrected chi connectivity index (χ0v) is 18.4. The molecule has 2 aromatic heterocycles. The van der Waals surface area contributed by atoms with Gasteiger partial charge in [0.25, 0.3) is 5.91 Å². The molecule has 158 valence electrons. The summed E-state index contributed by atoms with van der Waals surface area (Å²) in [4.78, 5) is 19.3. The SMILES string of the molecule is COc1ccc(N2CCN(C(=O)c3cc4c(C)nn(-c5ccccc5)c4s3)CC2)cc1. The van der Waals surface area contributed by atoms with Gasteiger partial charge in [-0.25, -0.2) is 4.68 Å². The fraction of sp³-hybridized carbons (Fsp3) is 0.250. The zero-order chi connectivity index (χ0) is 21.4. The van der Waals surface area contributed by atoms with Gasteiger partial charge < -0.3 is 14.5 Å². The molecule has 0 radical (unpaired) electrons. The van der Waals surface area contributed by atoms with E-state index in [2.05, 4.69) is 22.1 Å². The van der Waals surface area contributed by atoms with Crippen LogP contribution in [0.2, 0.25) is 0 Å². The second kappa shape index (κ2) is 8.07. The van der Waals surface area contributed by atoms with Crippen molar-refractivity contribution in [3.63, 3.8) is 0 Å². The van der Waals surface area contributed by atoms with Crippen molar-refractivity contribution in [1.82, 2.24) is 14.7 Å². The molecule has 0 spiro atoms. The zero-order valence-electron chi connectivity index (χ0n) is 17.6. The lowest BCUT2D eigenvalue weighted by molar-refractivity contribution is 0.0751. The van der Waals surface area contributed by atoms with Crippen molar-refractivity contribution in [3.8, 4) is 11.4 Å². The molecular weight excluding hydrogens is 408 g/mol. The first-order chi connectivity index (χ1) is 15.1. The number of piperazine rings is 1. The molecule has 1 saturated heterocycles. The number of aryl methyl sites for hydroxylation is 1. The molecule has 1 aliphatic heterocycles. The molecule has 2 aromatic carbocycles. The molecule has 0 atom stereocenters. The topological polar surface area (TPSA) is 50.6 Å². The maximum absolute atomic E-state index is 13.2. The number of carbonyl (C=O) groups excluding carboxylic acids is 1. The number of thiophene rings is 1. The third-order valence-electron chi connectivity index (χ3n) is 5.76. The van der Waals surface area contributed by atoms with E-state index < -0.39 is 0 Å². The van der Waals surface area contributed by atoms with Crippen molar-refractivity contribution in [2.45, 2.75) is 6.92 Å². The van der Waals surface area contributed by atoms with Crippen LogP contribution in [0, 0.1) is 6.92 Å². The first kappa shape index (κ1) is 19.6. The molecule has 5 rings (SSSR count). The molecule has 1 amide bonds. The maximum atomic E-state index is 13.2. The largest absolute Gasteiger partial charge is 0.497 e. The van der Waals surface area contributed by atoms with Gasteiger partial charge in [-0.2, -0.15) is 5.10 Å². The van der Waals surface area contributed by atoms with Crippen molar-refractivity contribution in [3.05, 3.63) is 71.2 Å². The van der Waals surface area contributed by atoms with Gasteiger partial charge in [-0.3, -0.25) is 4.79 Å². The Morgan fingerprint density at radius 3 is 2.35 bits per heavy atom. The number of ether oxygens (including phenoxy) is 1. The Balaban J connectivity index is 1.33. The van der Waals surface area contributed by atoms with Crippen LogP contribution in [0.1, 0.15) is 15.4 Å². The number of aromatic nitrogens is 2. The predicted octanol–water partition coefficient (Wildman–Crippen LogP) is 4.37. The summed E-state index contributed by atoms with van der Waals surface area (Å²) in [6, 6.07) is 20.1. The van der Waals surface area contributed by atoms with Gasteiger partial charge in [0, 0.05) is 37.3 Å². The number of benzene rings is 2. The number of amides is 1. The minimum Gasteiger partial charge on any atom is -0.497 e. The van der Waals surface area contributed by atoms with E-state index in [1.165, 1.54) is 11.3 Å². The molecule has 0 N–H and O–H groups in total. The lowest BCUT2D eigenvalue weighted by atomic mass is 10.2. The summed E-state index contributed by atoms with van der Waals surface area (Å²) in [5.41, 5.74) is 3.11. The van der Waals surface area contributed by atoms with Crippen LogP contribution in [0.3, 0.4) is 0 Å². The van der Waals surface area contributed by atoms with E-state index in [-0.39, 0.29) is 5.91 Å². The monoisotopic (exact) mass is 432 g/mol. The highest BCUT2D eigenvalue weighted by Gasteiger charge is 2.25. The predicted molar refractivity (Wildman–Crippen MR) is 125 cm³/mol. The van der Waals surface area contributed by atoms with Crippen molar-refractivity contribution in [2.24, 2.45) is 0 Å². The van der Waals surface area contributed by atoms with Gasteiger partial charge in [-0.15, -0.1) is 11.3 Å². The van der Waals surface area contributed by atoms with Crippen molar-refractivity contribution >= 4 is 33.1 Å². The second-order valence-electron chi connectivity index (χ2n) is 7.64. The number of carbonyl (C=O) groups is 1. The highest BCUT2D eigenvalue weighted by atomic mass is 32.1. The Labute approximate surface area is 185 Å². The lowest BCUT2D eigenvalue weighted by Crippen LogP contribution is -2.48. The van der Waals surface area contributed by atoms with Crippen LogP contribution >= 0.6 is 11.3 Å². The maximum Gasteiger partial charge on any atom is 0.264 e. The van der Waals surface area contributed by atoms with E-state index in [1.807, 2.05) is 65.0 Å². The van der Waals surface area contributed by atoms with Gasteiger partial charge in [-0.1, -0.05) is 18.2 Å². The van der Waals surface area contributed by atoms with E-state index in [0.717, 1.165) is 51.0 Å². The third kappa shape index (κ3) is 3.65. The Morgan fingerprint density at radius 2 is 1.68 bits per heavy atom. The van der Waals surface area contributed by atoms with E-state index in [1.54, 1.807) is 7.11 Å². The molecule has 6 nitrogen and oxygen atoms in total. The lowest BCUT2D eigenvalue weighted by Gasteiger charge is -2.36. The second-order valence-corrected chi connectivity index (χ2v) is 8.67. The average Bonchev–Trinajstić information content (AvgIpc) is 3.40. The summed E-state index contributed by atoms with van der Waals surface area (Å²) in [5, 5.41) is 5.73. The smallest absolute Gasteiger partial charge is 0.264 e. The van der Waals surface area contributed by atoms with Crippen LogP contribution in [-0.4, -0.2) is 53.9 Å². The molecule has 3 heterocycles. The number of rotatable bonds is 4. The quantitative estimate of drug-likeness (QED) is 0.481. The fourth-order valence-corrected chi connectivity index (χ4v) is 5.16. The fourth-order valence-electron chi connectivity index (χ4n) is 4.01. The van der Waals surface area contributed by atoms with Gasteiger partial charge in [0.05, 0.1) is 23.4 Å². The number of fused-ring (bicyclic) bond motifs is 1. The highest BCUT2D eigenvalue weighted by Crippen LogP contribution is 2.31. The van der Waals surface area contributed by atoms with Gasteiger partial charge in [0.2, 0.25) is 0 Å². The van der Waals surface area contributed by atoms with Gasteiger partial charge in [-0.05, 0) is 49.4 Å². The summed E-state index contributed by atoms with van der Waals surface area (Å²) in [7, 11) is 1.67. The first-order valence-electron chi connectivity index (χ1n) is 10.4. The van der Waals surface area contributed by atoms with Gasteiger partial charge in [0.15, 0.2) is 0 Å². The van der Waals surface area contributed by atoms with Crippen molar-refractivity contribution in [2.75, 3.05) is 38.2 Å². The van der Waals surface area contributed by atoms with Gasteiger partial charge >= 0.3 is 0 Å². The Bertz CT molecular complexity index is 1210. The van der Waals surface area contributed by atoms with Crippen LogP contribution in [0.15, 0.2) is 60.7 Å². The molecule has 31 heavy (non-hydrogen) atoms. The van der Waals surface area contributed by atoms with Crippen LogP contribution < -0.4 is 9.64 Å². The van der Waals surface area contributed by atoms with Crippen molar-refractivity contribution < 1.29 is 9.53 Å².